The lowest BCUT2D eigenvalue weighted by Crippen LogP contribution is -2.44. The molecule has 6 rings (SSSR count). The second kappa shape index (κ2) is 5.82. The molecule has 4 fully saturated rings. The summed E-state index contributed by atoms with van der Waals surface area (Å²) in [6.45, 7) is 3.75. The van der Waals surface area contributed by atoms with E-state index >= 15 is 0 Å². The molecule has 6 heteroatoms. The molecule has 4 bridgehead atoms. The summed E-state index contributed by atoms with van der Waals surface area (Å²) in [6, 6.07) is 7.42. The Morgan fingerprint density at radius 1 is 1.11 bits per heavy atom. The highest BCUT2D eigenvalue weighted by Crippen LogP contribution is 2.67. The third-order valence-corrected chi connectivity index (χ3v) is 9.80. The van der Waals surface area contributed by atoms with Gasteiger partial charge in [0.1, 0.15) is 10.9 Å². The Bertz CT molecular complexity index is 892. The van der Waals surface area contributed by atoms with Gasteiger partial charge in [-0.25, -0.2) is 8.42 Å². The van der Waals surface area contributed by atoms with E-state index < -0.39 is 20.9 Å². The number of hydrogen-bond donors (Lipinski definition) is 0. The maximum absolute atomic E-state index is 13.2. The van der Waals surface area contributed by atoms with E-state index in [-0.39, 0.29) is 5.41 Å². The molecule has 2 unspecified atom stereocenters. The van der Waals surface area contributed by atoms with Crippen LogP contribution in [0.4, 0.5) is 0 Å². The van der Waals surface area contributed by atoms with Crippen molar-refractivity contribution >= 4 is 31.9 Å². The lowest BCUT2D eigenvalue weighted by atomic mass is 9.73. The summed E-state index contributed by atoms with van der Waals surface area (Å²) in [7, 11) is -3.67. The first kappa shape index (κ1) is 18.2. The molecule has 1 aliphatic heterocycles. The Hall–Kier alpha value is -0.880. The van der Waals surface area contributed by atoms with E-state index in [1.54, 1.807) is 0 Å². The maximum atomic E-state index is 13.2. The van der Waals surface area contributed by atoms with Gasteiger partial charge in [0.15, 0.2) is 0 Å². The van der Waals surface area contributed by atoms with Gasteiger partial charge in [-0.15, -0.1) is 4.40 Å². The first-order chi connectivity index (χ1) is 12.7. The van der Waals surface area contributed by atoms with Crippen LogP contribution >= 0.6 is 15.9 Å². The van der Waals surface area contributed by atoms with Crippen molar-refractivity contribution in [3.63, 3.8) is 0 Å². The fourth-order valence-electron chi connectivity index (χ4n) is 6.76. The van der Waals surface area contributed by atoms with Crippen LogP contribution in [0.2, 0.25) is 0 Å². The second-order valence-electron chi connectivity index (χ2n) is 9.72. The van der Waals surface area contributed by atoms with Crippen molar-refractivity contribution in [2.24, 2.45) is 27.6 Å². The summed E-state index contributed by atoms with van der Waals surface area (Å²) in [6.07, 6.45) is 7.17. The van der Waals surface area contributed by atoms with Crippen LogP contribution in [0.15, 0.2) is 33.1 Å². The van der Waals surface area contributed by atoms with Crippen molar-refractivity contribution in [2.75, 3.05) is 0 Å². The van der Waals surface area contributed by atoms with E-state index in [1.165, 1.54) is 32.1 Å². The Labute approximate surface area is 170 Å². The number of nitrogens with zero attached hydrogens (tertiary/aromatic N) is 1. The Morgan fingerprint density at radius 2 is 1.74 bits per heavy atom. The molecule has 0 N–H and O–H groups in total. The van der Waals surface area contributed by atoms with Gasteiger partial charge < -0.3 is 4.74 Å². The molecule has 146 valence electrons. The predicted octanol–water partition coefficient (Wildman–Crippen LogP) is 5.24. The van der Waals surface area contributed by atoms with E-state index in [0.717, 1.165) is 27.8 Å². The summed E-state index contributed by atoms with van der Waals surface area (Å²) < 4.78 is 37.7. The molecule has 0 saturated heterocycles. The zero-order valence-corrected chi connectivity index (χ0v) is 18.2. The van der Waals surface area contributed by atoms with E-state index in [9.17, 15) is 8.42 Å². The van der Waals surface area contributed by atoms with E-state index in [2.05, 4.69) is 20.3 Å². The third kappa shape index (κ3) is 2.89. The summed E-state index contributed by atoms with van der Waals surface area (Å²) in [5.74, 6) is 2.86. The Balaban J connectivity index is 1.47. The standard InChI is InChI=1S/C21H26BrNO3S/c1-20(2)19(15-3-5-17(22)6-4-15)27(24,25)23-18(26-20)12-21-10-13-7-14(11-21)9-16(21)8-13/h3-6,13-14,16,19H,7-12H2,1-2H3/t13?,14?,16?,19-,21?/m0/s1. The SMILES string of the molecule is CC1(C)OC(CC23CC4CC(CC2C4)C3)=NS(=O)(=O)[C@H]1c1ccc(Br)cc1. The smallest absolute Gasteiger partial charge is 0.267 e. The minimum absolute atomic E-state index is 0.239. The zero-order valence-electron chi connectivity index (χ0n) is 15.8. The molecule has 3 atom stereocenters. The van der Waals surface area contributed by atoms with Crippen LogP contribution in [-0.2, 0) is 14.8 Å². The third-order valence-electron chi connectivity index (χ3n) is 7.37. The number of rotatable bonds is 3. The van der Waals surface area contributed by atoms with Gasteiger partial charge in [-0.2, -0.15) is 0 Å². The average Bonchev–Trinajstić information content (AvgIpc) is 2.90. The van der Waals surface area contributed by atoms with Gasteiger partial charge in [0, 0.05) is 10.9 Å². The topological polar surface area (TPSA) is 55.7 Å². The largest absolute Gasteiger partial charge is 0.472 e. The molecule has 0 spiro atoms. The highest BCUT2D eigenvalue weighted by Gasteiger charge is 2.59. The molecule has 1 heterocycles. The molecule has 1 aromatic rings. The van der Waals surface area contributed by atoms with Gasteiger partial charge in [0.25, 0.3) is 10.0 Å². The monoisotopic (exact) mass is 451 g/mol. The van der Waals surface area contributed by atoms with Crippen molar-refractivity contribution in [3.8, 4) is 0 Å². The molecule has 0 aromatic heterocycles. The minimum atomic E-state index is -3.67. The van der Waals surface area contributed by atoms with Crippen LogP contribution in [0.1, 0.15) is 63.2 Å². The van der Waals surface area contributed by atoms with Crippen LogP contribution < -0.4 is 0 Å². The summed E-state index contributed by atoms with van der Waals surface area (Å²) in [4.78, 5) is 0. The molecule has 4 saturated carbocycles. The van der Waals surface area contributed by atoms with Crippen molar-refractivity contribution in [2.45, 2.75) is 63.2 Å². The number of sulfonamides is 1. The van der Waals surface area contributed by atoms with Gasteiger partial charge in [-0.1, -0.05) is 28.1 Å². The molecule has 0 radical (unpaired) electrons. The fraction of sp³-hybridized carbons (Fsp3) is 0.667. The lowest BCUT2D eigenvalue weighted by Gasteiger charge is -2.40. The van der Waals surface area contributed by atoms with Crippen molar-refractivity contribution < 1.29 is 13.2 Å². The number of benzene rings is 1. The summed E-state index contributed by atoms with van der Waals surface area (Å²) in [5.41, 5.74) is 0.128. The van der Waals surface area contributed by atoms with Gasteiger partial charge in [0.05, 0.1) is 0 Å². The molecular formula is C21H26BrNO3S. The number of hydrogen-bond acceptors (Lipinski definition) is 3. The molecule has 27 heavy (non-hydrogen) atoms. The van der Waals surface area contributed by atoms with Gasteiger partial charge >= 0.3 is 0 Å². The first-order valence-corrected chi connectivity index (χ1v) is 12.2. The van der Waals surface area contributed by atoms with E-state index in [0.29, 0.717) is 12.3 Å². The highest BCUT2D eigenvalue weighted by molar-refractivity contribution is 9.10. The van der Waals surface area contributed by atoms with Gasteiger partial charge in [-0.3, -0.25) is 0 Å². The number of ether oxygens (including phenoxy) is 1. The summed E-state index contributed by atoms with van der Waals surface area (Å²) >= 11 is 3.41. The van der Waals surface area contributed by atoms with E-state index in [1.807, 2.05) is 38.1 Å². The molecule has 4 aliphatic carbocycles. The van der Waals surface area contributed by atoms with Crippen LogP contribution in [0.25, 0.3) is 0 Å². The highest BCUT2D eigenvalue weighted by atomic mass is 79.9. The second-order valence-corrected chi connectivity index (χ2v) is 12.3. The molecule has 1 aromatic carbocycles. The van der Waals surface area contributed by atoms with Crippen molar-refractivity contribution in [1.29, 1.82) is 0 Å². The Kier molecular flexibility index (Phi) is 3.91. The molecule has 4 nitrogen and oxygen atoms in total. The normalized spacial score (nSPS) is 40.6. The predicted molar refractivity (Wildman–Crippen MR) is 109 cm³/mol. The van der Waals surface area contributed by atoms with Crippen LogP contribution in [-0.4, -0.2) is 19.9 Å². The molecule has 5 aliphatic rings. The maximum Gasteiger partial charge on any atom is 0.267 e. The zero-order chi connectivity index (χ0) is 19.0. The van der Waals surface area contributed by atoms with Crippen molar-refractivity contribution in [1.82, 2.24) is 0 Å². The van der Waals surface area contributed by atoms with Crippen LogP contribution in [0.5, 0.6) is 0 Å². The lowest BCUT2D eigenvalue weighted by molar-refractivity contribution is 0.0711. The number of halogens is 1. The fourth-order valence-corrected chi connectivity index (χ4v) is 8.78. The summed E-state index contributed by atoms with van der Waals surface area (Å²) in [5, 5.41) is -0.782. The Morgan fingerprint density at radius 3 is 2.33 bits per heavy atom. The van der Waals surface area contributed by atoms with Crippen LogP contribution in [0.3, 0.4) is 0 Å². The van der Waals surface area contributed by atoms with Gasteiger partial charge in [0.2, 0.25) is 5.90 Å². The van der Waals surface area contributed by atoms with E-state index in [4.69, 9.17) is 4.74 Å². The molecule has 0 amide bonds. The minimum Gasteiger partial charge on any atom is -0.472 e. The quantitative estimate of drug-likeness (QED) is 0.630. The van der Waals surface area contributed by atoms with Crippen molar-refractivity contribution in [3.05, 3.63) is 34.3 Å². The molecular weight excluding hydrogens is 426 g/mol. The average molecular weight is 452 g/mol. The first-order valence-electron chi connectivity index (χ1n) is 9.94. The van der Waals surface area contributed by atoms with Gasteiger partial charge in [-0.05, 0) is 86.8 Å². The van der Waals surface area contributed by atoms with Crippen LogP contribution in [0, 0.1) is 23.2 Å².